The first kappa shape index (κ1) is 13.1. The van der Waals surface area contributed by atoms with Gasteiger partial charge >= 0.3 is 0 Å². The van der Waals surface area contributed by atoms with E-state index < -0.39 is 0 Å². The largest absolute Gasteiger partial charge is 0.352 e. The van der Waals surface area contributed by atoms with Crippen LogP contribution in [0.4, 0.5) is 5.69 Å². The van der Waals surface area contributed by atoms with Gasteiger partial charge in [0.2, 0.25) is 0 Å². The Hall–Kier alpha value is -1.58. The van der Waals surface area contributed by atoms with Crippen LogP contribution in [0.1, 0.15) is 12.8 Å². The van der Waals surface area contributed by atoms with Gasteiger partial charge in [-0.05, 0) is 43.2 Å². The van der Waals surface area contributed by atoms with Crippen molar-refractivity contribution < 1.29 is 0 Å². The molecule has 4 rings (SSSR count). The van der Waals surface area contributed by atoms with Crippen LogP contribution in [0, 0.1) is 0 Å². The van der Waals surface area contributed by atoms with Crippen molar-refractivity contribution in [2.24, 2.45) is 0 Å². The molecular formula is C17H18ClN3. The molecule has 3 nitrogen and oxygen atoms in total. The Labute approximate surface area is 129 Å². The molecule has 0 spiro atoms. The van der Waals surface area contributed by atoms with E-state index in [0.717, 1.165) is 22.5 Å². The summed E-state index contributed by atoms with van der Waals surface area (Å²) >= 11 is 6.09. The van der Waals surface area contributed by atoms with Crippen LogP contribution in [0.2, 0.25) is 5.02 Å². The van der Waals surface area contributed by atoms with Crippen LogP contribution in [0.15, 0.2) is 42.6 Å². The first-order valence-corrected chi connectivity index (χ1v) is 7.79. The summed E-state index contributed by atoms with van der Waals surface area (Å²) in [7, 11) is 2.19. The molecule has 1 fully saturated rings. The predicted octanol–water partition coefficient (Wildman–Crippen LogP) is 3.69. The summed E-state index contributed by atoms with van der Waals surface area (Å²) in [5, 5.41) is 1.89. The van der Waals surface area contributed by atoms with Gasteiger partial charge in [-0.15, -0.1) is 0 Å². The quantitative estimate of drug-likeness (QED) is 0.789. The average Bonchev–Trinajstić information content (AvgIpc) is 3.05. The minimum absolute atomic E-state index is 0.0356. The number of rotatable bonds is 2. The molecule has 2 aliphatic rings. The van der Waals surface area contributed by atoms with Crippen molar-refractivity contribution in [3.8, 4) is 0 Å². The summed E-state index contributed by atoms with van der Waals surface area (Å²) in [6.45, 7) is 2.23. The van der Waals surface area contributed by atoms with Gasteiger partial charge in [-0.25, -0.2) is 0 Å². The van der Waals surface area contributed by atoms with E-state index in [4.69, 9.17) is 11.6 Å². The van der Waals surface area contributed by atoms with Crippen molar-refractivity contribution in [3.05, 3.63) is 47.6 Å². The van der Waals surface area contributed by atoms with Crippen LogP contribution in [0.3, 0.4) is 0 Å². The lowest BCUT2D eigenvalue weighted by molar-refractivity contribution is 0.224. The minimum atomic E-state index is 0.0356. The van der Waals surface area contributed by atoms with Gasteiger partial charge in [-0.3, -0.25) is 9.88 Å². The van der Waals surface area contributed by atoms with Crippen LogP contribution in [-0.4, -0.2) is 35.7 Å². The fourth-order valence-corrected chi connectivity index (χ4v) is 3.95. The molecule has 1 aromatic carbocycles. The van der Waals surface area contributed by atoms with E-state index in [0.29, 0.717) is 0 Å². The van der Waals surface area contributed by atoms with Gasteiger partial charge in [0.1, 0.15) is 5.66 Å². The van der Waals surface area contributed by atoms with Crippen LogP contribution >= 0.6 is 11.6 Å². The van der Waals surface area contributed by atoms with Gasteiger partial charge in [-0.1, -0.05) is 17.7 Å². The molecule has 2 aliphatic heterocycles. The molecule has 0 N–H and O–H groups in total. The Balaban J connectivity index is 1.85. The molecule has 0 saturated carbocycles. The van der Waals surface area contributed by atoms with E-state index in [9.17, 15) is 0 Å². The Bertz CT molecular complexity index is 727. The Morgan fingerprint density at radius 1 is 1.33 bits per heavy atom. The lowest BCUT2D eigenvalue weighted by Gasteiger charge is -2.42. The van der Waals surface area contributed by atoms with Crippen molar-refractivity contribution in [1.82, 2.24) is 9.88 Å². The van der Waals surface area contributed by atoms with Gasteiger partial charge in [0.25, 0.3) is 0 Å². The number of likely N-dealkylation sites (N-methyl/N-ethyl adjacent to an activating group) is 1. The SMILES string of the molecule is CN(c1ccnc2cc(Cl)ccc12)C12C=CCN1CCC2. The molecule has 0 aliphatic carbocycles. The zero-order valence-corrected chi connectivity index (χ0v) is 12.8. The van der Waals surface area contributed by atoms with Crippen LogP contribution < -0.4 is 4.90 Å². The molecule has 0 radical (unpaired) electrons. The van der Waals surface area contributed by atoms with E-state index in [1.54, 1.807) is 0 Å². The number of benzene rings is 1. The average molecular weight is 300 g/mol. The van der Waals surface area contributed by atoms with E-state index in [1.807, 2.05) is 18.3 Å². The normalized spacial score (nSPS) is 24.7. The zero-order valence-electron chi connectivity index (χ0n) is 12.1. The fourth-order valence-electron chi connectivity index (χ4n) is 3.79. The second-order valence-electron chi connectivity index (χ2n) is 5.88. The van der Waals surface area contributed by atoms with E-state index in [2.05, 4.69) is 46.1 Å². The standard InChI is InChI=1S/C17H18ClN3/c1-20(17-7-2-10-21(17)11-3-8-17)16-6-9-19-15-12-13(18)4-5-14(15)16/h2,4-7,9,12H,3,8,10-11H2,1H3. The molecule has 3 heterocycles. The Kier molecular flexibility index (Phi) is 2.95. The van der Waals surface area contributed by atoms with E-state index >= 15 is 0 Å². The first-order valence-electron chi connectivity index (χ1n) is 7.42. The third-order valence-electron chi connectivity index (χ3n) is 4.85. The summed E-state index contributed by atoms with van der Waals surface area (Å²) in [6.07, 6.45) is 8.96. The van der Waals surface area contributed by atoms with Crippen LogP contribution in [0.25, 0.3) is 10.9 Å². The molecule has 0 amide bonds. The highest BCUT2D eigenvalue weighted by Gasteiger charge is 2.44. The second-order valence-corrected chi connectivity index (χ2v) is 6.32. The number of pyridine rings is 1. The molecule has 108 valence electrons. The molecule has 21 heavy (non-hydrogen) atoms. The predicted molar refractivity (Wildman–Crippen MR) is 87.8 cm³/mol. The molecular weight excluding hydrogens is 282 g/mol. The second kappa shape index (κ2) is 4.72. The highest BCUT2D eigenvalue weighted by molar-refractivity contribution is 6.31. The van der Waals surface area contributed by atoms with Gasteiger partial charge in [0.15, 0.2) is 0 Å². The first-order chi connectivity index (χ1) is 10.2. The highest BCUT2D eigenvalue weighted by atomic mass is 35.5. The number of anilines is 1. The molecule has 1 aromatic heterocycles. The van der Waals surface area contributed by atoms with Crippen LogP contribution in [0.5, 0.6) is 0 Å². The van der Waals surface area contributed by atoms with Crippen molar-refractivity contribution in [3.63, 3.8) is 0 Å². The molecule has 1 saturated heterocycles. The lowest BCUT2D eigenvalue weighted by Crippen LogP contribution is -2.52. The summed E-state index contributed by atoms with van der Waals surface area (Å²) in [6, 6.07) is 8.05. The maximum atomic E-state index is 6.09. The molecule has 1 unspecified atom stereocenters. The van der Waals surface area contributed by atoms with Crippen molar-refractivity contribution >= 4 is 28.2 Å². The monoisotopic (exact) mass is 299 g/mol. The van der Waals surface area contributed by atoms with Crippen molar-refractivity contribution in [2.75, 3.05) is 25.0 Å². The molecule has 0 bridgehead atoms. The van der Waals surface area contributed by atoms with Gasteiger partial charge in [0, 0.05) is 42.4 Å². The topological polar surface area (TPSA) is 19.4 Å². The third-order valence-corrected chi connectivity index (χ3v) is 5.09. The Morgan fingerprint density at radius 3 is 3.14 bits per heavy atom. The number of aromatic nitrogens is 1. The van der Waals surface area contributed by atoms with Crippen LogP contribution in [-0.2, 0) is 0 Å². The minimum Gasteiger partial charge on any atom is -0.352 e. The summed E-state index contributed by atoms with van der Waals surface area (Å²) in [5.74, 6) is 0. The molecule has 4 heteroatoms. The van der Waals surface area contributed by atoms with E-state index in [1.165, 1.54) is 25.1 Å². The van der Waals surface area contributed by atoms with Gasteiger partial charge in [-0.2, -0.15) is 0 Å². The summed E-state index contributed by atoms with van der Waals surface area (Å²) in [5.41, 5.74) is 2.21. The van der Waals surface area contributed by atoms with Gasteiger partial charge in [0.05, 0.1) is 5.52 Å². The molecule has 1 atom stereocenters. The number of hydrogen-bond acceptors (Lipinski definition) is 3. The summed E-state index contributed by atoms with van der Waals surface area (Å²) < 4.78 is 0. The smallest absolute Gasteiger partial charge is 0.113 e. The van der Waals surface area contributed by atoms with Gasteiger partial charge < -0.3 is 4.90 Å². The fraction of sp³-hybridized carbons (Fsp3) is 0.353. The van der Waals surface area contributed by atoms with E-state index in [-0.39, 0.29) is 5.66 Å². The number of halogens is 1. The summed E-state index contributed by atoms with van der Waals surface area (Å²) in [4.78, 5) is 9.41. The van der Waals surface area contributed by atoms with Crippen molar-refractivity contribution in [2.45, 2.75) is 18.5 Å². The number of hydrogen-bond donors (Lipinski definition) is 0. The molecule has 2 aromatic rings. The van der Waals surface area contributed by atoms with Crippen molar-refractivity contribution in [1.29, 1.82) is 0 Å². The maximum absolute atomic E-state index is 6.09. The maximum Gasteiger partial charge on any atom is 0.113 e. The third kappa shape index (κ3) is 1.88. The number of fused-ring (bicyclic) bond motifs is 2. The zero-order chi connectivity index (χ0) is 14.4. The highest BCUT2D eigenvalue weighted by Crippen LogP contribution is 2.41. The number of nitrogens with zero attached hydrogens (tertiary/aromatic N) is 3. The Morgan fingerprint density at radius 2 is 2.24 bits per heavy atom. The lowest BCUT2D eigenvalue weighted by atomic mass is 10.0.